The van der Waals surface area contributed by atoms with E-state index in [1.54, 1.807) is 18.2 Å². The van der Waals surface area contributed by atoms with Gasteiger partial charge in [-0.15, -0.1) is 0 Å². The van der Waals surface area contributed by atoms with E-state index >= 15 is 0 Å². The predicted octanol–water partition coefficient (Wildman–Crippen LogP) is 3.91. The Hall–Kier alpha value is -1.91. The van der Waals surface area contributed by atoms with Gasteiger partial charge in [0.2, 0.25) is 0 Å². The van der Waals surface area contributed by atoms with Crippen LogP contribution in [0.4, 0.5) is 17.6 Å². The second-order valence-corrected chi connectivity index (χ2v) is 3.41. The van der Waals surface area contributed by atoms with Crippen LogP contribution in [0.1, 0.15) is 5.56 Å². The van der Waals surface area contributed by atoms with Gasteiger partial charge in [0.05, 0.1) is 11.3 Å². The lowest BCUT2D eigenvalue weighted by molar-refractivity contribution is -0.139. The molecule has 0 aliphatic heterocycles. The first-order chi connectivity index (χ1) is 7.98. The van der Waals surface area contributed by atoms with E-state index in [1.165, 1.54) is 12.3 Å². The van der Waals surface area contributed by atoms with Gasteiger partial charge in [0.15, 0.2) is 0 Å². The monoisotopic (exact) mass is 241 g/mol. The lowest BCUT2D eigenvalue weighted by Crippen LogP contribution is -2.07. The summed E-state index contributed by atoms with van der Waals surface area (Å²) >= 11 is 0. The Morgan fingerprint density at radius 1 is 1.00 bits per heavy atom. The van der Waals surface area contributed by atoms with Crippen molar-refractivity contribution in [3.05, 3.63) is 54.0 Å². The number of pyridine rings is 1. The minimum atomic E-state index is -4.67. The minimum Gasteiger partial charge on any atom is -0.256 e. The molecular formula is C12H7F4N. The van der Waals surface area contributed by atoms with Crippen molar-refractivity contribution in [1.82, 2.24) is 4.98 Å². The van der Waals surface area contributed by atoms with Crippen LogP contribution in [-0.4, -0.2) is 4.98 Å². The van der Waals surface area contributed by atoms with Crippen LogP contribution in [0, 0.1) is 5.82 Å². The summed E-state index contributed by atoms with van der Waals surface area (Å²) in [4.78, 5) is 3.93. The van der Waals surface area contributed by atoms with E-state index in [-0.39, 0.29) is 0 Å². The topological polar surface area (TPSA) is 12.9 Å². The van der Waals surface area contributed by atoms with Crippen LogP contribution in [0.2, 0.25) is 0 Å². The predicted molar refractivity (Wildman–Crippen MR) is 54.6 cm³/mol. The summed E-state index contributed by atoms with van der Waals surface area (Å²) in [6.45, 7) is 0. The van der Waals surface area contributed by atoms with E-state index in [2.05, 4.69) is 4.98 Å². The summed E-state index contributed by atoms with van der Waals surface area (Å²) in [6.07, 6.45) is -3.18. The molecule has 0 radical (unpaired) electrons. The number of nitrogens with zero attached hydrogens (tertiary/aromatic N) is 1. The van der Waals surface area contributed by atoms with Crippen LogP contribution in [0.25, 0.3) is 11.3 Å². The van der Waals surface area contributed by atoms with Crippen molar-refractivity contribution in [3.8, 4) is 11.3 Å². The van der Waals surface area contributed by atoms with Crippen molar-refractivity contribution in [1.29, 1.82) is 0 Å². The van der Waals surface area contributed by atoms with Crippen LogP contribution in [-0.2, 0) is 6.18 Å². The van der Waals surface area contributed by atoms with Crippen LogP contribution in [0.3, 0.4) is 0 Å². The van der Waals surface area contributed by atoms with Crippen molar-refractivity contribution >= 4 is 0 Å². The molecule has 0 fully saturated rings. The molecule has 0 atom stereocenters. The lowest BCUT2D eigenvalue weighted by atomic mass is 10.1. The molecule has 1 aromatic heterocycles. The second-order valence-electron chi connectivity index (χ2n) is 3.41. The van der Waals surface area contributed by atoms with Crippen molar-refractivity contribution < 1.29 is 17.6 Å². The van der Waals surface area contributed by atoms with E-state index in [4.69, 9.17) is 0 Å². The Morgan fingerprint density at radius 3 is 2.29 bits per heavy atom. The zero-order valence-corrected chi connectivity index (χ0v) is 8.50. The Labute approximate surface area is 94.7 Å². The molecule has 0 saturated carbocycles. The first-order valence-corrected chi connectivity index (χ1v) is 4.76. The van der Waals surface area contributed by atoms with E-state index in [1.807, 2.05) is 0 Å². The van der Waals surface area contributed by atoms with Gasteiger partial charge in [-0.3, -0.25) is 4.98 Å². The number of hydrogen-bond donors (Lipinski definition) is 0. The summed E-state index contributed by atoms with van der Waals surface area (Å²) in [5.74, 6) is -1.29. The molecule has 0 amide bonds. The number of aromatic nitrogens is 1. The Morgan fingerprint density at radius 2 is 1.76 bits per heavy atom. The fraction of sp³-hybridized carbons (Fsp3) is 0.0833. The molecule has 1 nitrogen and oxygen atoms in total. The lowest BCUT2D eigenvalue weighted by Gasteiger charge is -2.09. The SMILES string of the molecule is Fc1cc(-c2ccccn2)ccc1C(F)(F)F. The molecule has 0 saturated heterocycles. The average Bonchev–Trinajstić information content (AvgIpc) is 2.28. The highest BCUT2D eigenvalue weighted by Gasteiger charge is 2.33. The molecule has 5 heteroatoms. The van der Waals surface area contributed by atoms with Gasteiger partial charge in [-0.1, -0.05) is 12.1 Å². The Kier molecular flexibility index (Phi) is 2.83. The maximum atomic E-state index is 13.3. The van der Waals surface area contributed by atoms with Crippen molar-refractivity contribution in [2.75, 3.05) is 0 Å². The molecule has 0 spiro atoms. The summed E-state index contributed by atoms with van der Waals surface area (Å²) < 4.78 is 50.3. The maximum Gasteiger partial charge on any atom is 0.419 e. The van der Waals surface area contributed by atoms with E-state index < -0.39 is 17.6 Å². The number of hydrogen-bond acceptors (Lipinski definition) is 1. The molecule has 2 aromatic rings. The third-order valence-corrected chi connectivity index (χ3v) is 2.24. The zero-order valence-electron chi connectivity index (χ0n) is 8.50. The van der Waals surface area contributed by atoms with Crippen LogP contribution in [0.5, 0.6) is 0 Å². The number of rotatable bonds is 1. The first kappa shape index (κ1) is 11.6. The van der Waals surface area contributed by atoms with Gasteiger partial charge in [-0.2, -0.15) is 13.2 Å². The maximum absolute atomic E-state index is 13.3. The van der Waals surface area contributed by atoms with Gasteiger partial charge in [0.25, 0.3) is 0 Å². The Balaban J connectivity index is 2.45. The fourth-order valence-corrected chi connectivity index (χ4v) is 1.44. The summed E-state index contributed by atoms with van der Waals surface area (Å²) in [7, 11) is 0. The highest BCUT2D eigenvalue weighted by molar-refractivity contribution is 5.59. The van der Waals surface area contributed by atoms with Gasteiger partial charge >= 0.3 is 6.18 Å². The Bertz CT molecular complexity index is 520. The molecule has 0 unspecified atom stereocenters. The molecule has 0 N–H and O–H groups in total. The fourth-order valence-electron chi connectivity index (χ4n) is 1.44. The highest BCUT2D eigenvalue weighted by Crippen LogP contribution is 2.32. The van der Waals surface area contributed by atoms with Gasteiger partial charge in [0, 0.05) is 11.8 Å². The molecule has 0 bridgehead atoms. The van der Waals surface area contributed by atoms with Crippen molar-refractivity contribution in [3.63, 3.8) is 0 Å². The number of benzene rings is 1. The first-order valence-electron chi connectivity index (χ1n) is 4.76. The van der Waals surface area contributed by atoms with Gasteiger partial charge < -0.3 is 0 Å². The zero-order chi connectivity index (χ0) is 12.5. The number of halogens is 4. The average molecular weight is 241 g/mol. The van der Waals surface area contributed by atoms with Gasteiger partial charge in [-0.05, 0) is 24.3 Å². The van der Waals surface area contributed by atoms with Gasteiger partial charge in [0.1, 0.15) is 5.82 Å². The summed E-state index contributed by atoms with van der Waals surface area (Å²) in [6, 6.07) is 7.71. The van der Waals surface area contributed by atoms with Crippen LogP contribution >= 0.6 is 0 Å². The van der Waals surface area contributed by atoms with Crippen molar-refractivity contribution in [2.24, 2.45) is 0 Å². The van der Waals surface area contributed by atoms with Crippen LogP contribution < -0.4 is 0 Å². The largest absolute Gasteiger partial charge is 0.419 e. The highest BCUT2D eigenvalue weighted by atomic mass is 19.4. The molecule has 17 heavy (non-hydrogen) atoms. The van der Waals surface area contributed by atoms with E-state index in [0.29, 0.717) is 11.3 Å². The number of alkyl halides is 3. The smallest absolute Gasteiger partial charge is 0.256 e. The molecule has 2 rings (SSSR count). The van der Waals surface area contributed by atoms with E-state index in [9.17, 15) is 17.6 Å². The third-order valence-electron chi connectivity index (χ3n) is 2.24. The van der Waals surface area contributed by atoms with E-state index in [0.717, 1.165) is 12.1 Å². The molecule has 1 heterocycles. The van der Waals surface area contributed by atoms with Crippen LogP contribution in [0.15, 0.2) is 42.6 Å². The second kappa shape index (κ2) is 4.16. The molecule has 0 aliphatic carbocycles. The third kappa shape index (κ3) is 2.43. The quantitative estimate of drug-likeness (QED) is 0.690. The van der Waals surface area contributed by atoms with Gasteiger partial charge in [-0.25, -0.2) is 4.39 Å². The normalized spacial score (nSPS) is 11.5. The molecular weight excluding hydrogens is 234 g/mol. The standard InChI is InChI=1S/C12H7F4N/c13-10-7-8(11-3-1-2-6-17-11)4-5-9(10)12(14,15)16/h1-7H. The molecule has 0 aliphatic rings. The molecule has 88 valence electrons. The van der Waals surface area contributed by atoms with Crippen molar-refractivity contribution in [2.45, 2.75) is 6.18 Å². The summed E-state index contributed by atoms with van der Waals surface area (Å²) in [5, 5.41) is 0. The molecule has 1 aromatic carbocycles. The summed E-state index contributed by atoms with van der Waals surface area (Å²) in [5.41, 5.74) is -0.520. The minimum absolute atomic E-state index is 0.316.